The average Bonchev–Trinajstić information content (AvgIpc) is 2.87. The summed E-state index contributed by atoms with van der Waals surface area (Å²) in [5, 5.41) is 1.20. The Morgan fingerprint density at radius 1 is 1.16 bits per heavy atom. The zero-order valence-electron chi connectivity index (χ0n) is 11.1. The second kappa shape index (κ2) is 4.36. The van der Waals surface area contributed by atoms with Crippen molar-refractivity contribution in [2.45, 2.75) is 25.4 Å². The van der Waals surface area contributed by atoms with E-state index in [-0.39, 0.29) is 0 Å². The Morgan fingerprint density at radius 2 is 1.89 bits per heavy atom. The molecule has 1 aromatic heterocycles. The molecule has 3 heteroatoms. The van der Waals surface area contributed by atoms with Gasteiger partial charge in [0.25, 0.3) is 0 Å². The van der Waals surface area contributed by atoms with E-state index in [1.807, 2.05) is 12.1 Å². The van der Waals surface area contributed by atoms with Crippen LogP contribution < -0.4 is 5.73 Å². The Bertz CT molecular complexity index is 544. The summed E-state index contributed by atoms with van der Waals surface area (Å²) in [6.07, 6.45) is 2.62. The standard InChI is InChI=1S/C16H20N2O/c17-16-12-5-6-13(16)9-18(8-12)10-14-7-11-3-1-2-4-15(11)19-14/h1-4,7,12-13,16H,5-6,8-10,17H2/t12-,13+,16?. The van der Waals surface area contributed by atoms with E-state index < -0.39 is 0 Å². The van der Waals surface area contributed by atoms with Crippen LogP contribution in [0.5, 0.6) is 0 Å². The van der Waals surface area contributed by atoms with Crippen LogP contribution in [0.2, 0.25) is 0 Å². The number of nitrogens with zero attached hydrogens (tertiary/aromatic N) is 1. The van der Waals surface area contributed by atoms with Crippen LogP contribution in [-0.4, -0.2) is 24.0 Å². The van der Waals surface area contributed by atoms with Gasteiger partial charge in [-0.25, -0.2) is 0 Å². The second-order valence-corrected chi connectivity index (χ2v) is 6.12. The third-order valence-electron chi connectivity index (χ3n) is 4.84. The lowest BCUT2D eigenvalue weighted by atomic mass is 9.93. The predicted molar refractivity (Wildman–Crippen MR) is 75.7 cm³/mol. The van der Waals surface area contributed by atoms with Crippen LogP contribution in [0.1, 0.15) is 18.6 Å². The average molecular weight is 256 g/mol. The number of benzene rings is 1. The molecule has 1 unspecified atom stereocenters. The van der Waals surface area contributed by atoms with Crippen molar-refractivity contribution in [3.05, 3.63) is 36.1 Å². The first-order valence-corrected chi connectivity index (χ1v) is 7.25. The molecule has 2 aromatic rings. The van der Waals surface area contributed by atoms with Crippen LogP contribution in [0, 0.1) is 11.8 Å². The van der Waals surface area contributed by atoms with E-state index in [1.54, 1.807) is 0 Å². The van der Waals surface area contributed by atoms with Gasteiger partial charge >= 0.3 is 0 Å². The van der Waals surface area contributed by atoms with Gasteiger partial charge in [-0.05, 0) is 36.8 Å². The lowest BCUT2D eigenvalue weighted by Gasteiger charge is -2.35. The van der Waals surface area contributed by atoms with Crippen molar-refractivity contribution in [3.8, 4) is 0 Å². The number of furan rings is 1. The molecule has 1 saturated heterocycles. The lowest BCUT2D eigenvalue weighted by Crippen LogP contribution is -2.48. The zero-order valence-corrected chi connectivity index (χ0v) is 11.1. The van der Waals surface area contributed by atoms with Crippen molar-refractivity contribution in [1.29, 1.82) is 0 Å². The van der Waals surface area contributed by atoms with Gasteiger partial charge in [-0.2, -0.15) is 0 Å². The highest BCUT2D eigenvalue weighted by Gasteiger charge is 2.39. The molecule has 2 fully saturated rings. The number of piperidine rings is 1. The zero-order chi connectivity index (χ0) is 12.8. The predicted octanol–water partition coefficient (Wildman–Crippen LogP) is 2.60. The van der Waals surface area contributed by atoms with E-state index in [2.05, 4.69) is 23.1 Å². The third kappa shape index (κ3) is 1.97. The Hall–Kier alpha value is -1.32. The third-order valence-corrected chi connectivity index (χ3v) is 4.84. The summed E-state index contributed by atoms with van der Waals surface area (Å²) >= 11 is 0. The highest BCUT2D eigenvalue weighted by Crippen LogP contribution is 2.36. The molecular formula is C16H20N2O. The summed E-state index contributed by atoms with van der Waals surface area (Å²) in [6.45, 7) is 3.19. The molecule has 1 aromatic carbocycles. The fourth-order valence-electron chi connectivity index (χ4n) is 3.83. The number of fused-ring (bicyclic) bond motifs is 3. The van der Waals surface area contributed by atoms with Crippen LogP contribution in [-0.2, 0) is 6.54 Å². The van der Waals surface area contributed by atoms with Gasteiger partial charge in [-0.15, -0.1) is 0 Å². The summed E-state index contributed by atoms with van der Waals surface area (Å²) in [5.41, 5.74) is 7.25. The molecular weight excluding hydrogens is 236 g/mol. The largest absolute Gasteiger partial charge is 0.460 e. The van der Waals surface area contributed by atoms with Gasteiger partial charge in [0.05, 0.1) is 6.54 Å². The second-order valence-electron chi connectivity index (χ2n) is 6.12. The Balaban J connectivity index is 1.52. The number of rotatable bonds is 2. The topological polar surface area (TPSA) is 42.4 Å². The van der Waals surface area contributed by atoms with E-state index in [4.69, 9.17) is 10.2 Å². The molecule has 2 N–H and O–H groups in total. The number of nitrogens with two attached hydrogens (primary N) is 1. The summed E-state index contributed by atoms with van der Waals surface area (Å²) in [6, 6.07) is 10.8. The summed E-state index contributed by atoms with van der Waals surface area (Å²) in [7, 11) is 0. The van der Waals surface area contributed by atoms with Crippen LogP contribution in [0.4, 0.5) is 0 Å². The maximum absolute atomic E-state index is 6.25. The van der Waals surface area contributed by atoms with E-state index >= 15 is 0 Å². The van der Waals surface area contributed by atoms with Gasteiger partial charge in [0.1, 0.15) is 11.3 Å². The smallest absolute Gasteiger partial charge is 0.134 e. The van der Waals surface area contributed by atoms with Crippen molar-refractivity contribution in [2.75, 3.05) is 13.1 Å². The molecule has 3 atom stereocenters. The highest BCUT2D eigenvalue weighted by atomic mass is 16.3. The van der Waals surface area contributed by atoms with Crippen molar-refractivity contribution in [2.24, 2.45) is 17.6 Å². The van der Waals surface area contributed by atoms with E-state index in [1.165, 1.54) is 18.2 Å². The van der Waals surface area contributed by atoms with Gasteiger partial charge in [-0.1, -0.05) is 18.2 Å². The van der Waals surface area contributed by atoms with E-state index in [9.17, 15) is 0 Å². The van der Waals surface area contributed by atoms with Gasteiger partial charge in [-0.3, -0.25) is 4.90 Å². The van der Waals surface area contributed by atoms with Crippen LogP contribution in [0.25, 0.3) is 11.0 Å². The molecule has 2 bridgehead atoms. The maximum Gasteiger partial charge on any atom is 0.134 e. The van der Waals surface area contributed by atoms with Crippen LogP contribution >= 0.6 is 0 Å². The molecule has 0 radical (unpaired) electrons. The number of para-hydroxylation sites is 1. The number of hydrogen-bond acceptors (Lipinski definition) is 3. The molecule has 0 spiro atoms. The number of likely N-dealkylation sites (tertiary alicyclic amines) is 1. The van der Waals surface area contributed by atoms with Gasteiger partial charge < -0.3 is 10.2 Å². The summed E-state index contributed by atoms with van der Waals surface area (Å²) in [5.74, 6) is 2.47. The fourth-order valence-corrected chi connectivity index (χ4v) is 3.83. The molecule has 19 heavy (non-hydrogen) atoms. The summed E-state index contributed by atoms with van der Waals surface area (Å²) in [4.78, 5) is 2.52. The lowest BCUT2D eigenvalue weighted by molar-refractivity contribution is 0.133. The van der Waals surface area contributed by atoms with Gasteiger partial charge in [0.2, 0.25) is 0 Å². The van der Waals surface area contributed by atoms with Gasteiger partial charge in [0.15, 0.2) is 0 Å². The monoisotopic (exact) mass is 256 g/mol. The number of hydrogen-bond donors (Lipinski definition) is 1. The summed E-state index contributed by atoms with van der Waals surface area (Å²) < 4.78 is 5.92. The SMILES string of the molecule is NC1[C@@H]2CC[C@H]1CN(Cc1cc3ccccc3o1)C2. The molecule has 1 saturated carbocycles. The Labute approximate surface area is 113 Å². The molecule has 4 rings (SSSR count). The van der Waals surface area contributed by atoms with Crippen LogP contribution in [0.3, 0.4) is 0 Å². The molecule has 1 aliphatic heterocycles. The van der Waals surface area contributed by atoms with Crippen LogP contribution in [0.15, 0.2) is 34.7 Å². The Kier molecular flexibility index (Phi) is 2.64. The highest BCUT2D eigenvalue weighted by molar-refractivity contribution is 5.77. The normalized spacial score (nSPS) is 31.1. The first-order valence-electron chi connectivity index (χ1n) is 7.25. The van der Waals surface area contributed by atoms with Crippen molar-refractivity contribution < 1.29 is 4.42 Å². The molecule has 2 aliphatic rings. The molecule has 1 aliphatic carbocycles. The van der Waals surface area contributed by atoms with E-state index in [0.717, 1.165) is 31.0 Å². The molecule has 100 valence electrons. The minimum Gasteiger partial charge on any atom is -0.460 e. The Morgan fingerprint density at radius 3 is 2.63 bits per heavy atom. The molecule has 2 heterocycles. The first kappa shape index (κ1) is 11.5. The maximum atomic E-state index is 6.25. The van der Waals surface area contributed by atoms with Crippen molar-refractivity contribution in [3.63, 3.8) is 0 Å². The van der Waals surface area contributed by atoms with Crippen molar-refractivity contribution >= 4 is 11.0 Å². The van der Waals surface area contributed by atoms with Gasteiger partial charge in [0, 0.05) is 24.5 Å². The van der Waals surface area contributed by atoms with E-state index in [0.29, 0.717) is 17.9 Å². The minimum absolute atomic E-state index is 0.437. The fraction of sp³-hybridized carbons (Fsp3) is 0.500. The first-order chi connectivity index (χ1) is 9.29. The molecule has 3 nitrogen and oxygen atoms in total. The molecule has 0 amide bonds. The minimum atomic E-state index is 0.437. The van der Waals surface area contributed by atoms with Crippen molar-refractivity contribution in [1.82, 2.24) is 4.90 Å². The quantitative estimate of drug-likeness (QED) is 0.898.